The lowest BCUT2D eigenvalue weighted by Gasteiger charge is -2.07. The van der Waals surface area contributed by atoms with Gasteiger partial charge in [0.15, 0.2) is 0 Å². The van der Waals surface area contributed by atoms with Crippen LogP contribution in [0.2, 0.25) is 0 Å². The fourth-order valence-corrected chi connectivity index (χ4v) is 1.60. The van der Waals surface area contributed by atoms with E-state index in [-0.39, 0.29) is 5.56 Å². The van der Waals surface area contributed by atoms with Crippen LogP contribution in [0, 0.1) is 12.7 Å². The van der Waals surface area contributed by atoms with Gasteiger partial charge in [0.2, 0.25) is 0 Å². The summed E-state index contributed by atoms with van der Waals surface area (Å²) < 4.78 is 13.7. The number of benzene rings is 1. The van der Waals surface area contributed by atoms with E-state index in [2.05, 4.69) is 10.3 Å². The van der Waals surface area contributed by atoms with Crippen LogP contribution in [0.5, 0.6) is 0 Å². The van der Waals surface area contributed by atoms with Crippen LogP contribution in [0.3, 0.4) is 0 Å². The summed E-state index contributed by atoms with van der Waals surface area (Å²) in [6.45, 7) is 1.97. The monoisotopic (exact) mass is 244 g/mol. The summed E-state index contributed by atoms with van der Waals surface area (Å²) in [6, 6.07) is 8.40. The van der Waals surface area contributed by atoms with Gasteiger partial charge in [-0.2, -0.15) is 0 Å². The van der Waals surface area contributed by atoms with Crippen LogP contribution < -0.4 is 5.32 Å². The van der Waals surface area contributed by atoms with Gasteiger partial charge in [-0.1, -0.05) is 18.2 Å². The van der Waals surface area contributed by atoms with Crippen molar-refractivity contribution in [2.45, 2.75) is 13.5 Å². The molecule has 2 aromatic rings. The van der Waals surface area contributed by atoms with Crippen LogP contribution in [-0.4, -0.2) is 10.9 Å². The molecule has 1 aromatic heterocycles. The number of hydrogen-bond acceptors (Lipinski definition) is 2. The highest BCUT2D eigenvalue weighted by molar-refractivity contribution is 5.94. The van der Waals surface area contributed by atoms with Gasteiger partial charge >= 0.3 is 0 Å². The number of carbonyl (C=O) groups is 1. The van der Waals surface area contributed by atoms with E-state index in [0.717, 1.165) is 5.56 Å². The quantitative estimate of drug-likeness (QED) is 0.901. The highest BCUT2D eigenvalue weighted by atomic mass is 19.1. The molecular formula is C14H13FN2O. The van der Waals surface area contributed by atoms with Crippen molar-refractivity contribution in [1.29, 1.82) is 0 Å². The minimum atomic E-state index is -0.471. The summed E-state index contributed by atoms with van der Waals surface area (Å²) in [4.78, 5) is 15.8. The summed E-state index contributed by atoms with van der Waals surface area (Å²) in [5.41, 5.74) is 1.40. The van der Waals surface area contributed by atoms with Crippen LogP contribution >= 0.6 is 0 Å². The van der Waals surface area contributed by atoms with E-state index in [1.165, 1.54) is 6.07 Å². The molecule has 1 amide bonds. The molecule has 1 aromatic carbocycles. The Morgan fingerprint density at radius 1 is 1.33 bits per heavy atom. The van der Waals surface area contributed by atoms with E-state index in [4.69, 9.17) is 0 Å². The van der Waals surface area contributed by atoms with E-state index in [1.807, 2.05) is 6.07 Å². The van der Waals surface area contributed by atoms with Crippen molar-refractivity contribution >= 4 is 5.91 Å². The van der Waals surface area contributed by atoms with Gasteiger partial charge in [0.25, 0.3) is 5.91 Å². The van der Waals surface area contributed by atoms with Crippen molar-refractivity contribution < 1.29 is 9.18 Å². The lowest BCUT2D eigenvalue weighted by Crippen LogP contribution is -2.24. The first-order valence-corrected chi connectivity index (χ1v) is 5.60. The molecule has 4 heteroatoms. The van der Waals surface area contributed by atoms with Gasteiger partial charge < -0.3 is 5.32 Å². The van der Waals surface area contributed by atoms with Crippen LogP contribution in [0.25, 0.3) is 0 Å². The molecule has 3 nitrogen and oxygen atoms in total. The van der Waals surface area contributed by atoms with Gasteiger partial charge in [-0.3, -0.25) is 9.78 Å². The molecule has 0 saturated heterocycles. The summed E-state index contributed by atoms with van der Waals surface area (Å²) >= 11 is 0. The van der Waals surface area contributed by atoms with E-state index in [1.54, 1.807) is 37.5 Å². The molecule has 0 aliphatic heterocycles. The number of amides is 1. The maximum atomic E-state index is 13.7. The normalized spacial score (nSPS) is 10.1. The first-order valence-electron chi connectivity index (χ1n) is 5.60. The zero-order chi connectivity index (χ0) is 13.0. The summed E-state index contributed by atoms with van der Waals surface area (Å²) in [5, 5.41) is 2.66. The third-order valence-electron chi connectivity index (χ3n) is 2.61. The molecule has 1 N–H and O–H groups in total. The number of halogens is 1. The maximum Gasteiger partial charge on any atom is 0.254 e. The van der Waals surface area contributed by atoms with Gasteiger partial charge in [0.05, 0.1) is 5.56 Å². The van der Waals surface area contributed by atoms with Crippen LogP contribution in [0.4, 0.5) is 4.39 Å². The van der Waals surface area contributed by atoms with Gasteiger partial charge in [-0.25, -0.2) is 4.39 Å². The summed E-state index contributed by atoms with van der Waals surface area (Å²) in [5.74, 6) is -0.888. The lowest BCUT2D eigenvalue weighted by atomic mass is 10.1. The average molecular weight is 244 g/mol. The zero-order valence-electron chi connectivity index (χ0n) is 9.98. The Labute approximate surface area is 105 Å². The Kier molecular flexibility index (Phi) is 3.67. The fraction of sp³-hybridized carbons (Fsp3) is 0.143. The van der Waals surface area contributed by atoms with Crippen molar-refractivity contribution in [3.05, 3.63) is 65.2 Å². The SMILES string of the molecule is Cc1cccc(C(=O)NCc2cccnc2)c1F. The van der Waals surface area contributed by atoms with E-state index in [9.17, 15) is 9.18 Å². The Bertz CT molecular complexity index is 555. The predicted molar refractivity (Wildman–Crippen MR) is 66.5 cm³/mol. The standard InChI is InChI=1S/C14H13FN2O/c1-10-4-2-6-12(13(10)15)14(18)17-9-11-5-3-7-16-8-11/h2-8H,9H2,1H3,(H,17,18). The van der Waals surface area contributed by atoms with E-state index in [0.29, 0.717) is 12.1 Å². The number of aryl methyl sites for hydroxylation is 1. The molecule has 0 unspecified atom stereocenters. The van der Waals surface area contributed by atoms with E-state index < -0.39 is 11.7 Å². The molecule has 0 spiro atoms. The molecule has 1 heterocycles. The second kappa shape index (κ2) is 5.40. The molecule has 0 fully saturated rings. The minimum Gasteiger partial charge on any atom is -0.348 e. The van der Waals surface area contributed by atoms with Gasteiger partial charge in [0, 0.05) is 18.9 Å². The van der Waals surface area contributed by atoms with Crippen LogP contribution in [0.15, 0.2) is 42.7 Å². The Balaban J connectivity index is 2.07. The molecule has 0 aliphatic rings. The Morgan fingerprint density at radius 3 is 2.89 bits per heavy atom. The number of rotatable bonds is 3. The second-order valence-corrected chi connectivity index (χ2v) is 3.98. The molecule has 92 valence electrons. The van der Waals surface area contributed by atoms with E-state index >= 15 is 0 Å². The largest absolute Gasteiger partial charge is 0.348 e. The second-order valence-electron chi connectivity index (χ2n) is 3.98. The Hall–Kier alpha value is -2.23. The molecule has 0 atom stereocenters. The van der Waals surface area contributed by atoms with Crippen molar-refractivity contribution in [3.8, 4) is 0 Å². The molecule has 0 radical (unpaired) electrons. The number of nitrogens with zero attached hydrogens (tertiary/aromatic N) is 1. The topological polar surface area (TPSA) is 42.0 Å². The van der Waals surface area contributed by atoms with Crippen molar-refractivity contribution in [1.82, 2.24) is 10.3 Å². The zero-order valence-corrected chi connectivity index (χ0v) is 9.98. The van der Waals surface area contributed by atoms with Crippen LogP contribution in [0.1, 0.15) is 21.5 Å². The fourth-order valence-electron chi connectivity index (χ4n) is 1.60. The van der Waals surface area contributed by atoms with Gasteiger partial charge in [-0.05, 0) is 30.2 Å². The first kappa shape index (κ1) is 12.2. The molecule has 0 saturated carbocycles. The van der Waals surface area contributed by atoms with Gasteiger partial charge in [-0.15, -0.1) is 0 Å². The lowest BCUT2D eigenvalue weighted by molar-refractivity contribution is 0.0946. The third kappa shape index (κ3) is 2.71. The first-order chi connectivity index (χ1) is 8.68. The summed E-state index contributed by atoms with van der Waals surface area (Å²) in [6.07, 6.45) is 3.32. The molecule has 2 rings (SSSR count). The number of carbonyl (C=O) groups excluding carboxylic acids is 1. The average Bonchev–Trinajstić information content (AvgIpc) is 2.40. The van der Waals surface area contributed by atoms with Gasteiger partial charge in [0.1, 0.15) is 5.82 Å². The Morgan fingerprint density at radius 2 is 2.17 bits per heavy atom. The third-order valence-corrected chi connectivity index (χ3v) is 2.61. The highest BCUT2D eigenvalue weighted by Gasteiger charge is 2.12. The molecule has 0 bridgehead atoms. The maximum absolute atomic E-state index is 13.7. The van der Waals surface area contributed by atoms with Crippen molar-refractivity contribution in [2.24, 2.45) is 0 Å². The molecule has 0 aliphatic carbocycles. The number of hydrogen-bond donors (Lipinski definition) is 1. The molecular weight excluding hydrogens is 231 g/mol. The minimum absolute atomic E-state index is 0.0684. The number of aromatic nitrogens is 1. The number of nitrogens with one attached hydrogen (secondary N) is 1. The highest BCUT2D eigenvalue weighted by Crippen LogP contribution is 2.11. The smallest absolute Gasteiger partial charge is 0.254 e. The number of pyridine rings is 1. The molecule has 18 heavy (non-hydrogen) atoms. The van der Waals surface area contributed by atoms with Crippen molar-refractivity contribution in [3.63, 3.8) is 0 Å². The predicted octanol–water partition coefficient (Wildman–Crippen LogP) is 2.46. The van der Waals surface area contributed by atoms with Crippen LogP contribution in [-0.2, 0) is 6.54 Å². The van der Waals surface area contributed by atoms with Crippen molar-refractivity contribution in [2.75, 3.05) is 0 Å². The summed E-state index contributed by atoms with van der Waals surface area (Å²) in [7, 11) is 0.